The summed E-state index contributed by atoms with van der Waals surface area (Å²) in [6, 6.07) is 18.5. The molecule has 3 aromatic rings. The second kappa shape index (κ2) is 8.29. The van der Waals surface area contributed by atoms with E-state index in [1.165, 1.54) is 14.2 Å². The summed E-state index contributed by atoms with van der Waals surface area (Å²) in [4.78, 5) is 12.8. The van der Waals surface area contributed by atoms with Crippen molar-refractivity contribution in [1.29, 1.82) is 0 Å². The first-order chi connectivity index (χ1) is 14.9. The normalized spacial score (nSPS) is 16.5. The Bertz CT molecular complexity index is 1230. The highest BCUT2D eigenvalue weighted by Gasteiger charge is 2.29. The Morgan fingerprint density at radius 3 is 2.35 bits per heavy atom. The Kier molecular flexibility index (Phi) is 5.53. The molecule has 8 nitrogen and oxygen atoms in total. The summed E-state index contributed by atoms with van der Waals surface area (Å²) in [6.07, 6.45) is -0.636. The molecule has 160 valence electrons. The molecule has 0 unspecified atom stereocenters. The third-order valence-corrected chi connectivity index (χ3v) is 6.38. The minimum atomic E-state index is -3.63. The van der Waals surface area contributed by atoms with Crippen LogP contribution in [0, 0.1) is 0 Å². The van der Waals surface area contributed by atoms with Crippen molar-refractivity contribution >= 4 is 27.3 Å². The van der Waals surface area contributed by atoms with Crippen molar-refractivity contribution in [2.24, 2.45) is 0 Å². The fourth-order valence-electron chi connectivity index (χ4n) is 3.32. The third-order valence-electron chi connectivity index (χ3n) is 4.90. The molecule has 0 aromatic heterocycles. The summed E-state index contributed by atoms with van der Waals surface area (Å²) in [5, 5.41) is 5.97. The van der Waals surface area contributed by atoms with Crippen LogP contribution >= 0.6 is 0 Å². The van der Waals surface area contributed by atoms with E-state index >= 15 is 0 Å². The van der Waals surface area contributed by atoms with Gasteiger partial charge in [0.25, 0.3) is 5.91 Å². The molecule has 1 atom stereocenters. The zero-order chi connectivity index (χ0) is 22.0. The van der Waals surface area contributed by atoms with E-state index in [4.69, 9.17) is 9.47 Å². The number of benzene rings is 3. The summed E-state index contributed by atoms with van der Waals surface area (Å²) in [7, 11) is -0.572. The van der Waals surface area contributed by atoms with E-state index in [1.807, 2.05) is 0 Å². The number of anilines is 2. The molecule has 3 N–H and O–H groups in total. The minimum absolute atomic E-state index is 0.206. The quantitative estimate of drug-likeness (QED) is 0.563. The monoisotopic (exact) mass is 439 g/mol. The van der Waals surface area contributed by atoms with Crippen LogP contribution in [0.3, 0.4) is 0 Å². The molecular weight excluding hydrogens is 418 g/mol. The molecule has 0 radical (unpaired) electrons. The van der Waals surface area contributed by atoms with Crippen LogP contribution in [-0.2, 0) is 10.0 Å². The number of amides is 1. The molecule has 0 bridgehead atoms. The maximum absolute atomic E-state index is 12.6. The van der Waals surface area contributed by atoms with Crippen LogP contribution in [0.15, 0.2) is 71.6 Å². The van der Waals surface area contributed by atoms with Crippen molar-refractivity contribution in [1.82, 2.24) is 4.72 Å². The van der Waals surface area contributed by atoms with E-state index in [1.54, 1.807) is 66.7 Å². The maximum Gasteiger partial charge on any atom is 0.255 e. The van der Waals surface area contributed by atoms with Crippen molar-refractivity contribution in [2.45, 2.75) is 11.1 Å². The van der Waals surface area contributed by atoms with E-state index in [0.717, 1.165) is 0 Å². The standard InChI is InChI=1S/C22H21N3O5S/c1-29-18-12-11-16(13-19(18)30-2)23-22(26)15-9-7-14(8-10-15)21-24-17-5-3-4-6-20(17)31(27,28)25-21/h3-13,21,24-25H,1-2H3,(H,23,26)/t21-/m1/s1. The van der Waals surface area contributed by atoms with Crippen molar-refractivity contribution in [3.05, 3.63) is 77.9 Å². The second-order valence-electron chi connectivity index (χ2n) is 6.84. The first-order valence-electron chi connectivity index (χ1n) is 9.42. The first-order valence-corrected chi connectivity index (χ1v) is 10.9. The average Bonchev–Trinajstić information content (AvgIpc) is 2.78. The largest absolute Gasteiger partial charge is 0.493 e. The van der Waals surface area contributed by atoms with Crippen molar-refractivity contribution in [3.63, 3.8) is 0 Å². The van der Waals surface area contributed by atoms with E-state index < -0.39 is 16.2 Å². The summed E-state index contributed by atoms with van der Waals surface area (Å²) in [5.74, 6) is 0.766. The molecule has 0 fully saturated rings. The van der Waals surface area contributed by atoms with Crippen LogP contribution in [0.2, 0.25) is 0 Å². The van der Waals surface area contributed by atoms with Gasteiger partial charge in [0.15, 0.2) is 11.5 Å². The van der Waals surface area contributed by atoms with Gasteiger partial charge in [-0.1, -0.05) is 24.3 Å². The van der Waals surface area contributed by atoms with Gasteiger partial charge in [-0.2, -0.15) is 4.72 Å². The number of methoxy groups -OCH3 is 2. The number of carbonyl (C=O) groups is 1. The molecule has 1 amide bonds. The molecule has 0 saturated carbocycles. The number of carbonyl (C=O) groups excluding carboxylic acids is 1. The highest BCUT2D eigenvalue weighted by Crippen LogP contribution is 2.31. The molecule has 0 saturated heterocycles. The fourth-order valence-corrected chi connectivity index (χ4v) is 4.63. The predicted octanol–water partition coefficient (Wildman–Crippen LogP) is 3.36. The van der Waals surface area contributed by atoms with Crippen molar-refractivity contribution < 1.29 is 22.7 Å². The average molecular weight is 439 g/mol. The lowest BCUT2D eigenvalue weighted by Gasteiger charge is -2.28. The number of para-hydroxylation sites is 1. The number of hydrogen-bond acceptors (Lipinski definition) is 6. The van der Waals surface area contributed by atoms with Gasteiger partial charge >= 0.3 is 0 Å². The van der Waals surface area contributed by atoms with Crippen LogP contribution in [-0.4, -0.2) is 28.5 Å². The molecule has 0 aliphatic carbocycles. The molecule has 9 heteroatoms. The Morgan fingerprint density at radius 1 is 0.935 bits per heavy atom. The number of rotatable bonds is 5. The van der Waals surface area contributed by atoms with Gasteiger partial charge in [0.05, 0.1) is 19.9 Å². The summed E-state index contributed by atoms with van der Waals surface area (Å²) >= 11 is 0. The van der Waals surface area contributed by atoms with Gasteiger partial charge in [-0.15, -0.1) is 0 Å². The molecule has 4 rings (SSSR count). The predicted molar refractivity (Wildman–Crippen MR) is 117 cm³/mol. The summed E-state index contributed by atoms with van der Waals surface area (Å²) < 4.78 is 38.1. The van der Waals surface area contributed by atoms with Gasteiger partial charge in [-0.25, -0.2) is 8.42 Å². The number of hydrogen-bond donors (Lipinski definition) is 3. The fraction of sp³-hybridized carbons (Fsp3) is 0.136. The Morgan fingerprint density at radius 2 is 1.65 bits per heavy atom. The number of nitrogens with one attached hydrogen (secondary N) is 3. The van der Waals surface area contributed by atoms with Crippen LogP contribution in [0.1, 0.15) is 22.1 Å². The number of fused-ring (bicyclic) bond motifs is 1. The first kappa shape index (κ1) is 20.7. The molecule has 1 aliphatic heterocycles. The maximum atomic E-state index is 12.6. The number of ether oxygens (including phenoxy) is 2. The molecule has 3 aromatic carbocycles. The minimum Gasteiger partial charge on any atom is -0.493 e. The van der Waals surface area contributed by atoms with E-state index in [2.05, 4.69) is 15.4 Å². The van der Waals surface area contributed by atoms with Crippen LogP contribution in [0.5, 0.6) is 11.5 Å². The molecule has 1 heterocycles. The lowest BCUT2D eigenvalue weighted by molar-refractivity contribution is 0.102. The topological polar surface area (TPSA) is 106 Å². The Balaban J connectivity index is 1.50. The molecular formula is C22H21N3O5S. The highest BCUT2D eigenvalue weighted by molar-refractivity contribution is 7.89. The van der Waals surface area contributed by atoms with Gasteiger partial charge in [0.1, 0.15) is 11.1 Å². The zero-order valence-corrected chi connectivity index (χ0v) is 17.7. The third kappa shape index (κ3) is 4.18. The van der Waals surface area contributed by atoms with E-state index in [9.17, 15) is 13.2 Å². The lowest BCUT2D eigenvalue weighted by Crippen LogP contribution is -2.38. The van der Waals surface area contributed by atoms with Crippen LogP contribution < -0.4 is 24.8 Å². The van der Waals surface area contributed by atoms with Crippen molar-refractivity contribution in [2.75, 3.05) is 24.9 Å². The molecule has 0 spiro atoms. The highest BCUT2D eigenvalue weighted by atomic mass is 32.2. The SMILES string of the molecule is COc1ccc(NC(=O)c2ccc([C@@H]3Nc4ccccc4S(=O)(=O)N3)cc2)cc1OC. The lowest BCUT2D eigenvalue weighted by atomic mass is 10.1. The Labute approximate surface area is 180 Å². The van der Waals surface area contributed by atoms with Gasteiger partial charge in [-0.05, 0) is 42.0 Å². The summed E-state index contributed by atoms with van der Waals surface area (Å²) in [5.41, 5.74) is 2.20. The second-order valence-corrected chi connectivity index (χ2v) is 8.52. The van der Waals surface area contributed by atoms with Gasteiger partial charge in [0, 0.05) is 17.3 Å². The van der Waals surface area contributed by atoms with Crippen LogP contribution in [0.4, 0.5) is 11.4 Å². The van der Waals surface area contributed by atoms with E-state index in [0.29, 0.717) is 34.0 Å². The Hall–Kier alpha value is -3.56. The summed E-state index contributed by atoms with van der Waals surface area (Å²) in [6.45, 7) is 0. The number of sulfonamides is 1. The van der Waals surface area contributed by atoms with Gasteiger partial charge in [0.2, 0.25) is 10.0 Å². The smallest absolute Gasteiger partial charge is 0.255 e. The van der Waals surface area contributed by atoms with Gasteiger partial charge in [-0.3, -0.25) is 4.79 Å². The van der Waals surface area contributed by atoms with Gasteiger partial charge < -0.3 is 20.1 Å². The van der Waals surface area contributed by atoms with Crippen LogP contribution in [0.25, 0.3) is 0 Å². The zero-order valence-electron chi connectivity index (χ0n) is 16.9. The van der Waals surface area contributed by atoms with E-state index in [-0.39, 0.29) is 10.8 Å². The van der Waals surface area contributed by atoms with Crippen molar-refractivity contribution in [3.8, 4) is 11.5 Å². The molecule has 1 aliphatic rings. The molecule has 31 heavy (non-hydrogen) atoms.